The summed E-state index contributed by atoms with van der Waals surface area (Å²) in [6.07, 6.45) is 1.03. The first kappa shape index (κ1) is 11.4. The molecule has 0 spiro atoms. The highest BCUT2D eigenvalue weighted by atomic mass is 32.1. The Morgan fingerprint density at radius 2 is 2.19 bits per heavy atom. The molecule has 4 heteroatoms. The van der Waals surface area contributed by atoms with Crippen LogP contribution in [0.3, 0.4) is 0 Å². The van der Waals surface area contributed by atoms with Gasteiger partial charge < -0.3 is 9.64 Å². The minimum atomic E-state index is 0.801. The molecule has 86 valence electrons. The predicted octanol–water partition coefficient (Wildman–Crippen LogP) is 2.77. The number of hydrogen-bond donors (Lipinski definition) is 0. The first-order valence-electron chi connectivity index (χ1n) is 5.37. The van der Waals surface area contributed by atoms with Gasteiger partial charge in [-0.15, -0.1) is 0 Å². The monoisotopic (exact) mass is 236 g/mol. The lowest BCUT2D eigenvalue weighted by Crippen LogP contribution is -2.19. The van der Waals surface area contributed by atoms with Gasteiger partial charge in [-0.25, -0.2) is 4.98 Å². The standard InChI is InChI=1S/C12H16N2OS/c1-14(8-5-9-15-2)12-13-10-6-3-4-7-11(10)16-12/h3-4,6-7H,5,8-9H2,1-2H3. The third-order valence-corrected chi connectivity index (χ3v) is 3.60. The van der Waals surface area contributed by atoms with E-state index in [2.05, 4.69) is 35.1 Å². The van der Waals surface area contributed by atoms with Gasteiger partial charge in [0.25, 0.3) is 0 Å². The molecule has 0 atom stereocenters. The van der Waals surface area contributed by atoms with E-state index in [0.717, 1.165) is 30.2 Å². The van der Waals surface area contributed by atoms with Crippen molar-refractivity contribution in [3.8, 4) is 0 Å². The Morgan fingerprint density at radius 1 is 1.38 bits per heavy atom. The van der Waals surface area contributed by atoms with Crippen LogP contribution in [-0.2, 0) is 4.74 Å². The summed E-state index contributed by atoms with van der Waals surface area (Å²) in [6.45, 7) is 1.78. The molecule has 0 saturated carbocycles. The zero-order chi connectivity index (χ0) is 11.4. The average molecular weight is 236 g/mol. The van der Waals surface area contributed by atoms with Gasteiger partial charge in [0.05, 0.1) is 10.2 Å². The van der Waals surface area contributed by atoms with Crippen LogP contribution in [0, 0.1) is 0 Å². The molecule has 0 aliphatic rings. The van der Waals surface area contributed by atoms with E-state index in [0.29, 0.717) is 0 Å². The van der Waals surface area contributed by atoms with Crippen LogP contribution in [0.15, 0.2) is 24.3 Å². The number of thiazole rings is 1. The molecule has 1 heterocycles. The molecule has 0 aliphatic carbocycles. The third-order valence-electron chi connectivity index (χ3n) is 2.45. The van der Waals surface area contributed by atoms with E-state index in [4.69, 9.17) is 4.74 Å². The van der Waals surface area contributed by atoms with E-state index < -0.39 is 0 Å². The van der Waals surface area contributed by atoms with Gasteiger partial charge in [-0.1, -0.05) is 23.5 Å². The summed E-state index contributed by atoms with van der Waals surface area (Å²) in [7, 11) is 3.81. The number of ether oxygens (including phenoxy) is 1. The normalized spacial score (nSPS) is 10.9. The van der Waals surface area contributed by atoms with Crippen molar-refractivity contribution in [3.63, 3.8) is 0 Å². The Bertz CT molecular complexity index is 422. The van der Waals surface area contributed by atoms with Crippen molar-refractivity contribution in [2.45, 2.75) is 6.42 Å². The van der Waals surface area contributed by atoms with E-state index in [1.807, 2.05) is 6.07 Å². The van der Waals surface area contributed by atoms with Gasteiger partial charge in [0, 0.05) is 27.3 Å². The summed E-state index contributed by atoms with van der Waals surface area (Å²) in [5.74, 6) is 0. The highest BCUT2D eigenvalue weighted by Gasteiger charge is 2.07. The predicted molar refractivity (Wildman–Crippen MR) is 69.4 cm³/mol. The minimum absolute atomic E-state index is 0.801. The van der Waals surface area contributed by atoms with Crippen molar-refractivity contribution in [2.75, 3.05) is 32.2 Å². The number of rotatable bonds is 5. The van der Waals surface area contributed by atoms with E-state index in [9.17, 15) is 0 Å². The van der Waals surface area contributed by atoms with Crippen LogP contribution in [0.1, 0.15) is 6.42 Å². The SMILES string of the molecule is COCCCN(C)c1nc2ccccc2s1. The lowest BCUT2D eigenvalue weighted by atomic mass is 10.3. The molecule has 2 rings (SSSR count). The summed E-state index contributed by atoms with van der Waals surface area (Å²) in [5.41, 5.74) is 1.08. The fourth-order valence-corrected chi connectivity index (χ4v) is 2.52. The van der Waals surface area contributed by atoms with Crippen molar-refractivity contribution in [2.24, 2.45) is 0 Å². The van der Waals surface area contributed by atoms with Gasteiger partial charge in [0.2, 0.25) is 0 Å². The van der Waals surface area contributed by atoms with Gasteiger partial charge in [-0.05, 0) is 18.6 Å². The molecule has 16 heavy (non-hydrogen) atoms. The van der Waals surface area contributed by atoms with Gasteiger partial charge in [-0.2, -0.15) is 0 Å². The molecule has 0 bridgehead atoms. The lowest BCUT2D eigenvalue weighted by Gasteiger charge is -2.14. The quantitative estimate of drug-likeness (QED) is 0.746. The molecular formula is C12H16N2OS. The Morgan fingerprint density at radius 3 is 2.94 bits per heavy atom. The molecule has 0 unspecified atom stereocenters. The molecule has 0 radical (unpaired) electrons. The Balaban J connectivity index is 2.07. The average Bonchev–Trinajstić information content (AvgIpc) is 2.73. The molecule has 0 aliphatic heterocycles. The van der Waals surface area contributed by atoms with Crippen LogP contribution in [0.2, 0.25) is 0 Å². The molecule has 0 fully saturated rings. The smallest absolute Gasteiger partial charge is 0.186 e. The van der Waals surface area contributed by atoms with Crippen molar-refractivity contribution < 1.29 is 4.74 Å². The summed E-state index contributed by atoms with van der Waals surface area (Å²) in [4.78, 5) is 6.78. The Labute approximate surface area is 99.7 Å². The van der Waals surface area contributed by atoms with Crippen LogP contribution in [0.4, 0.5) is 5.13 Å². The van der Waals surface area contributed by atoms with Gasteiger partial charge in [-0.3, -0.25) is 0 Å². The number of methoxy groups -OCH3 is 1. The van der Waals surface area contributed by atoms with E-state index >= 15 is 0 Å². The summed E-state index contributed by atoms with van der Waals surface area (Å²) in [6, 6.07) is 8.24. The minimum Gasteiger partial charge on any atom is -0.385 e. The zero-order valence-electron chi connectivity index (χ0n) is 9.64. The highest BCUT2D eigenvalue weighted by Crippen LogP contribution is 2.27. The van der Waals surface area contributed by atoms with Crippen LogP contribution >= 0.6 is 11.3 Å². The Hall–Kier alpha value is -1.13. The zero-order valence-corrected chi connectivity index (χ0v) is 10.5. The second-order valence-corrected chi connectivity index (χ2v) is 4.74. The fourth-order valence-electron chi connectivity index (χ4n) is 1.57. The number of fused-ring (bicyclic) bond motifs is 1. The van der Waals surface area contributed by atoms with Crippen LogP contribution in [0.5, 0.6) is 0 Å². The topological polar surface area (TPSA) is 25.4 Å². The van der Waals surface area contributed by atoms with Crippen LogP contribution in [-0.4, -0.2) is 32.3 Å². The number of benzene rings is 1. The molecular weight excluding hydrogens is 220 g/mol. The van der Waals surface area contributed by atoms with Crippen molar-refractivity contribution in [1.29, 1.82) is 0 Å². The lowest BCUT2D eigenvalue weighted by molar-refractivity contribution is 0.196. The van der Waals surface area contributed by atoms with Gasteiger partial charge in [0.15, 0.2) is 5.13 Å². The van der Waals surface area contributed by atoms with E-state index in [-0.39, 0.29) is 0 Å². The third kappa shape index (κ3) is 2.51. The number of hydrogen-bond acceptors (Lipinski definition) is 4. The summed E-state index contributed by atoms with van der Waals surface area (Å²) >= 11 is 1.74. The maximum Gasteiger partial charge on any atom is 0.186 e. The second kappa shape index (κ2) is 5.27. The maximum atomic E-state index is 5.04. The van der Waals surface area contributed by atoms with Crippen LogP contribution < -0.4 is 4.90 Å². The van der Waals surface area contributed by atoms with E-state index in [1.165, 1.54) is 4.70 Å². The number of para-hydroxylation sites is 1. The fraction of sp³-hybridized carbons (Fsp3) is 0.417. The summed E-state index contributed by atoms with van der Waals surface area (Å²) < 4.78 is 6.29. The van der Waals surface area contributed by atoms with Gasteiger partial charge in [0.1, 0.15) is 0 Å². The molecule has 0 saturated heterocycles. The number of nitrogens with zero attached hydrogens (tertiary/aromatic N) is 2. The van der Waals surface area contributed by atoms with E-state index in [1.54, 1.807) is 18.4 Å². The Kier molecular flexibility index (Phi) is 3.74. The second-order valence-electron chi connectivity index (χ2n) is 3.73. The maximum absolute atomic E-state index is 5.04. The molecule has 3 nitrogen and oxygen atoms in total. The van der Waals surface area contributed by atoms with Crippen molar-refractivity contribution in [1.82, 2.24) is 4.98 Å². The number of aromatic nitrogens is 1. The number of anilines is 1. The van der Waals surface area contributed by atoms with Gasteiger partial charge >= 0.3 is 0 Å². The highest BCUT2D eigenvalue weighted by molar-refractivity contribution is 7.22. The van der Waals surface area contributed by atoms with Crippen LogP contribution in [0.25, 0.3) is 10.2 Å². The molecule has 1 aromatic heterocycles. The van der Waals surface area contributed by atoms with Crippen molar-refractivity contribution in [3.05, 3.63) is 24.3 Å². The first-order chi connectivity index (χ1) is 7.81. The first-order valence-corrected chi connectivity index (χ1v) is 6.18. The molecule has 1 aromatic carbocycles. The van der Waals surface area contributed by atoms with Crippen molar-refractivity contribution >= 4 is 26.7 Å². The summed E-state index contributed by atoms with van der Waals surface area (Å²) in [5, 5.41) is 1.08. The molecule has 0 amide bonds. The largest absolute Gasteiger partial charge is 0.385 e. The molecule has 2 aromatic rings. The molecule has 0 N–H and O–H groups in total.